The molecule has 0 aliphatic carbocycles. The van der Waals surface area contributed by atoms with Crippen molar-refractivity contribution in [1.29, 1.82) is 0 Å². The Morgan fingerprint density at radius 1 is 1.21 bits per heavy atom. The molecule has 0 saturated carbocycles. The van der Waals surface area contributed by atoms with Crippen molar-refractivity contribution in [2.24, 2.45) is 0 Å². The minimum absolute atomic E-state index is 0.0924. The van der Waals surface area contributed by atoms with E-state index < -0.39 is 24.2 Å². The maximum Gasteiger partial charge on any atom is 0.302 e. The van der Waals surface area contributed by atoms with Crippen LogP contribution in [-0.2, 0) is 4.79 Å². The molecule has 19 heavy (non-hydrogen) atoms. The van der Waals surface area contributed by atoms with Crippen LogP contribution in [-0.4, -0.2) is 30.1 Å². The van der Waals surface area contributed by atoms with Gasteiger partial charge in [-0.05, 0) is 0 Å². The Hall–Kier alpha value is -2.32. The lowest BCUT2D eigenvalue weighted by Gasteiger charge is -2.06. The SMILES string of the molecule is COc1cc(OC)nc(NC(=O)CC(F)=C(F)F)n1. The summed E-state index contributed by atoms with van der Waals surface area (Å²) in [5.74, 6) is -2.90. The molecule has 1 N–H and O–H groups in total. The van der Waals surface area contributed by atoms with Crippen molar-refractivity contribution in [3.63, 3.8) is 0 Å². The third kappa shape index (κ3) is 4.45. The van der Waals surface area contributed by atoms with Crippen LogP contribution in [0.2, 0.25) is 0 Å². The summed E-state index contributed by atoms with van der Waals surface area (Å²) >= 11 is 0. The maximum absolute atomic E-state index is 12.5. The van der Waals surface area contributed by atoms with Gasteiger partial charge in [-0.3, -0.25) is 10.1 Å². The zero-order valence-electron chi connectivity index (χ0n) is 10.0. The molecule has 104 valence electrons. The van der Waals surface area contributed by atoms with E-state index in [1.807, 2.05) is 5.32 Å². The number of carbonyl (C=O) groups excluding carboxylic acids is 1. The second-order valence-electron chi connectivity index (χ2n) is 3.17. The Morgan fingerprint density at radius 3 is 2.16 bits per heavy atom. The molecule has 0 unspecified atom stereocenters. The maximum atomic E-state index is 12.5. The lowest BCUT2D eigenvalue weighted by molar-refractivity contribution is -0.115. The average molecular weight is 277 g/mol. The number of carbonyl (C=O) groups is 1. The van der Waals surface area contributed by atoms with Gasteiger partial charge in [-0.15, -0.1) is 0 Å². The number of amides is 1. The first-order chi connectivity index (χ1) is 8.96. The average Bonchev–Trinajstić information content (AvgIpc) is 2.37. The van der Waals surface area contributed by atoms with E-state index >= 15 is 0 Å². The molecule has 0 fully saturated rings. The topological polar surface area (TPSA) is 73.3 Å². The first kappa shape index (κ1) is 14.7. The number of ether oxygens (including phenoxy) is 2. The van der Waals surface area contributed by atoms with Gasteiger partial charge in [0.15, 0.2) is 5.83 Å². The number of rotatable bonds is 5. The second-order valence-corrected chi connectivity index (χ2v) is 3.17. The number of hydrogen-bond donors (Lipinski definition) is 1. The number of halogens is 3. The zero-order valence-corrected chi connectivity index (χ0v) is 10.0. The van der Waals surface area contributed by atoms with E-state index in [0.29, 0.717) is 0 Å². The van der Waals surface area contributed by atoms with Crippen molar-refractivity contribution in [2.75, 3.05) is 19.5 Å². The van der Waals surface area contributed by atoms with E-state index in [0.717, 1.165) is 0 Å². The van der Waals surface area contributed by atoms with E-state index in [1.165, 1.54) is 20.3 Å². The molecule has 0 aliphatic heterocycles. The van der Waals surface area contributed by atoms with Gasteiger partial charge in [-0.2, -0.15) is 18.7 Å². The van der Waals surface area contributed by atoms with Crippen LogP contribution in [0.1, 0.15) is 6.42 Å². The number of methoxy groups -OCH3 is 2. The molecule has 6 nitrogen and oxygen atoms in total. The van der Waals surface area contributed by atoms with Crippen LogP contribution in [0.5, 0.6) is 11.8 Å². The van der Waals surface area contributed by atoms with Gasteiger partial charge in [0.25, 0.3) is 0 Å². The molecular formula is C10H10F3N3O3. The van der Waals surface area contributed by atoms with E-state index in [4.69, 9.17) is 9.47 Å². The van der Waals surface area contributed by atoms with Gasteiger partial charge in [-0.1, -0.05) is 0 Å². The fourth-order valence-corrected chi connectivity index (χ4v) is 1.05. The second kappa shape index (κ2) is 6.57. The predicted molar refractivity (Wildman–Crippen MR) is 58.7 cm³/mol. The molecule has 0 atom stereocenters. The zero-order chi connectivity index (χ0) is 14.4. The third-order valence-electron chi connectivity index (χ3n) is 1.87. The summed E-state index contributed by atoms with van der Waals surface area (Å²) in [4.78, 5) is 18.7. The minimum Gasteiger partial charge on any atom is -0.481 e. The Kier molecular flexibility index (Phi) is 5.10. The highest BCUT2D eigenvalue weighted by Gasteiger charge is 2.14. The molecule has 1 amide bonds. The molecule has 0 aliphatic rings. The van der Waals surface area contributed by atoms with E-state index in [9.17, 15) is 18.0 Å². The lowest BCUT2D eigenvalue weighted by atomic mass is 10.4. The van der Waals surface area contributed by atoms with Gasteiger partial charge in [0.2, 0.25) is 23.6 Å². The summed E-state index contributed by atoms with van der Waals surface area (Å²) in [5.41, 5.74) is 0. The summed E-state index contributed by atoms with van der Waals surface area (Å²) in [6.45, 7) is 0. The van der Waals surface area contributed by atoms with Crippen LogP contribution in [0.3, 0.4) is 0 Å². The summed E-state index contributed by atoms with van der Waals surface area (Å²) < 4.78 is 45.8. The van der Waals surface area contributed by atoms with Crippen LogP contribution in [0.15, 0.2) is 18.0 Å². The number of aromatic nitrogens is 2. The molecule has 9 heteroatoms. The van der Waals surface area contributed by atoms with Gasteiger partial charge in [0.05, 0.1) is 26.7 Å². The molecule has 0 radical (unpaired) electrons. The Bertz CT molecular complexity index is 482. The summed E-state index contributed by atoms with van der Waals surface area (Å²) in [5, 5.41) is 2.05. The molecule has 0 aromatic carbocycles. The van der Waals surface area contributed by atoms with Gasteiger partial charge < -0.3 is 9.47 Å². The molecule has 1 rings (SSSR count). The first-order valence-corrected chi connectivity index (χ1v) is 4.92. The Labute approximate surface area is 106 Å². The minimum atomic E-state index is -2.54. The van der Waals surface area contributed by atoms with Crippen LogP contribution in [0, 0.1) is 0 Å². The monoisotopic (exact) mass is 277 g/mol. The predicted octanol–water partition coefficient (Wildman–Crippen LogP) is 1.90. The van der Waals surface area contributed by atoms with Gasteiger partial charge >= 0.3 is 6.08 Å². The van der Waals surface area contributed by atoms with E-state index in [-0.39, 0.29) is 17.7 Å². The van der Waals surface area contributed by atoms with Crippen LogP contribution in [0.25, 0.3) is 0 Å². The highest BCUT2D eigenvalue weighted by molar-refractivity contribution is 5.90. The fourth-order valence-electron chi connectivity index (χ4n) is 1.05. The molecule has 1 aromatic rings. The van der Waals surface area contributed by atoms with Crippen molar-refractivity contribution in [3.05, 3.63) is 18.0 Å². The van der Waals surface area contributed by atoms with Crippen LogP contribution >= 0.6 is 0 Å². The van der Waals surface area contributed by atoms with E-state index in [1.54, 1.807) is 0 Å². The summed E-state index contributed by atoms with van der Waals surface area (Å²) in [6.07, 6.45) is -3.65. The third-order valence-corrected chi connectivity index (χ3v) is 1.87. The molecular weight excluding hydrogens is 267 g/mol. The molecule has 0 spiro atoms. The Balaban J connectivity index is 2.82. The number of nitrogens with zero attached hydrogens (tertiary/aromatic N) is 2. The first-order valence-electron chi connectivity index (χ1n) is 4.92. The summed E-state index contributed by atoms with van der Waals surface area (Å²) in [7, 11) is 2.66. The molecule has 1 aromatic heterocycles. The fraction of sp³-hybridized carbons (Fsp3) is 0.300. The smallest absolute Gasteiger partial charge is 0.302 e. The van der Waals surface area contributed by atoms with Gasteiger partial charge in [-0.25, -0.2) is 4.39 Å². The highest BCUT2D eigenvalue weighted by Crippen LogP contribution is 2.18. The molecule has 0 bridgehead atoms. The number of hydrogen-bond acceptors (Lipinski definition) is 5. The van der Waals surface area contributed by atoms with Gasteiger partial charge in [0, 0.05) is 0 Å². The van der Waals surface area contributed by atoms with Crippen molar-refractivity contribution < 1.29 is 27.4 Å². The largest absolute Gasteiger partial charge is 0.481 e. The molecule has 0 saturated heterocycles. The number of anilines is 1. The van der Waals surface area contributed by atoms with Gasteiger partial charge in [0.1, 0.15) is 0 Å². The normalized spacial score (nSPS) is 9.74. The van der Waals surface area contributed by atoms with Crippen molar-refractivity contribution in [3.8, 4) is 11.8 Å². The van der Waals surface area contributed by atoms with E-state index in [2.05, 4.69) is 9.97 Å². The lowest BCUT2D eigenvalue weighted by Crippen LogP contribution is -2.14. The standard InChI is InChI=1S/C10H10F3N3O3/c1-18-7-4-8(19-2)16-10(15-7)14-6(17)3-5(11)9(12)13/h4H,3H2,1-2H3,(H,14,15,16,17). The van der Waals surface area contributed by atoms with Crippen LogP contribution < -0.4 is 14.8 Å². The van der Waals surface area contributed by atoms with Crippen molar-refractivity contribution in [2.45, 2.75) is 6.42 Å². The quantitative estimate of drug-likeness (QED) is 0.889. The van der Waals surface area contributed by atoms with Crippen LogP contribution in [0.4, 0.5) is 19.1 Å². The van der Waals surface area contributed by atoms with Crippen molar-refractivity contribution in [1.82, 2.24) is 9.97 Å². The Morgan fingerprint density at radius 2 is 1.74 bits per heavy atom. The highest BCUT2D eigenvalue weighted by atomic mass is 19.3. The van der Waals surface area contributed by atoms with Crippen molar-refractivity contribution >= 4 is 11.9 Å². The summed E-state index contributed by atoms with van der Waals surface area (Å²) in [6, 6.07) is 1.34. The number of nitrogens with one attached hydrogen (secondary N) is 1. The molecule has 1 heterocycles.